The van der Waals surface area contributed by atoms with Gasteiger partial charge >= 0.3 is 0 Å². The molecule has 0 radical (unpaired) electrons. The number of amides is 2. The Kier molecular flexibility index (Phi) is 2.64. The maximum absolute atomic E-state index is 11.6. The molecule has 1 aromatic heterocycles. The summed E-state index contributed by atoms with van der Waals surface area (Å²) in [7, 11) is 0. The van der Waals surface area contributed by atoms with Crippen LogP contribution in [0.1, 0.15) is 0 Å². The molecule has 0 saturated carbocycles. The standard InChI is InChI=1S/C14H9NO4/c16-13-4-5-14(17)15(13)10-2-1-3-11(8-10)19-12-6-7-18-9-12/h1-9H. The molecule has 2 amide bonds. The zero-order valence-electron chi connectivity index (χ0n) is 9.78. The van der Waals surface area contributed by atoms with Gasteiger partial charge in [0.15, 0.2) is 5.75 Å². The first-order valence-electron chi connectivity index (χ1n) is 5.60. The van der Waals surface area contributed by atoms with Gasteiger partial charge in [-0.2, -0.15) is 0 Å². The zero-order chi connectivity index (χ0) is 13.2. The number of nitrogens with zero attached hydrogens (tertiary/aromatic N) is 1. The van der Waals surface area contributed by atoms with Crippen molar-refractivity contribution in [2.45, 2.75) is 0 Å². The molecule has 0 atom stereocenters. The predicted molar refractivity (Wildman–Crippen MR) is 66.9 cm³/mol. The van der Waals surface area contributed by atoms with Gasteiger partial charge in [-0.25, -0.2) is 4.90 Å². The molecule has 0 fully saturated rings. The fourth-order valence-corrected chi connectivity index (χ4v) is 1.79. The van der Waals surface area contributed by atoms with E-state index in [4.69, 9.17) is 9.15 Å². The SMILES string of the molecule is O=C1C=CC(=O)N1c1cccc(Oc2ccoc2)c1. The highest BCUT2D eigenvalue weighted by Crippen LogP contribution is 2.27. The maximum Gasteiger partial charge on any atom is 0.258 e. The summed E-state index contributed by atoms with van der Waals surface area (Å²) in [6, 6.07) is 8.40. The van der Waals surface area contributed by atoms with Gasteiger partial charge < -0.3 is 9.15 Å². The largest absolute Gasteiger partial charge is 0.469 e. The number of ether oxygens (including phenoxy) is 1. The van der Waals surface area contributed by atoms with Gasteiger partial charge in [0.25, 0.3) is 11.8 Å². The third-order valence-electron chi connectivity index (χ3n) is 2.62. The molecular weight excluding hydrogens is 246 g/mol. The first-order valence-corrected chi connectivity index (χ1v) is 5.60. The minimum atomic E-state index is -0.356. The van der Waals surface area contributed by atoms with Gasteiger partial charge in [0.1, 0.15) is 12.0 Å². The van der Waals surface area contributed by atoms with Gasteiger partial charge in [-0.15, -0.1) is 0 Å². The summed E-state index contributed by atoms with van der Waals surface area (Å²) in [5, 5.41) is 0. The highest BCUT2D eigenvalue weighted by Gasteiger charge is 2.25. The van der Waals surface area contributed by atoms with Crippen molar-refractivity contribution in [2.75, 3.05) is 4.90 Å². The predicted octanol–water partition coefficient (Wildman–Crippen LogP) is 2.50. The lowest BCUT2D eigenvalue weighted by Gasteiger charge is -2.14. The lowest BCUT2D eigenvalue weighted by molar-refractivity contribution is -0.119. The van der Waals surface area contributed by atoms with E-state index in [0.717, 1.165) is 4.90 Å². The van der Waals surface area contributed by atoms with E-state index in [1.165, 1.54) is 24.7 Å². The Labute approximate surface area is 108 Å². The molecule has 2 heterocycles. The minimum absolute atomic E-state index is 0.356. The van der Waals surface area contributed by atoms with Crippen molar-refractivity contribution in [1.29, 1.82) is 0 Å². The van der Waals surface area contributed by atoms with Crippen LogP contribution in [0.4, 0.5) is 5.69 Å². The van der Waals surface area contributed by atoms with Crippen molar-refractivity contribution in [3.63, 3.8) is 0 Å². The first-order chi connectivity index (χ1) is 9.24. The summed E-state index contributed by atoms with van der Waals surface area (Å²) in [4.78, 5) is 24.2. The summed E-state index contributed by atoms with van der Waals surface area (Å²) in [5.74, 6) is 0.358. The summed E-state index contributed by atoms with van der Waals surface area (Å²) in [6.45, 7) is 0. The van der Waals surface area contributed by atoms with Crippen molar-refractivity contribution in [3.8, 4) is 11.5 Å². The number of furan rings is 1. The van der Waals surface area contributed by atoms with E-state index >= 15 is 0 Å². The lowest BCUT2D eigenvalue weighted by atomic mass is 10.2. The molecule has 1 aliphatic heterocycles. The van der Waals surface area contributed by atoms with E-state index < -0.39 is 0 Å². The van der Waals surface area contributed by atoms with Gasteiger partial charge in [0.05, 0.1) is 12.0 Å². The molecule has 0 N–H and O–H groups in total. The van der Waals surface area contributed by atoms with Crippen LogP contribution < -0.4 is 9.64 Å². The average molecular weight is 255 g/mol. The van der Waals surface area contributed by atoms with E-state index in [9.17, 15) is 9.59 Å². The van der Waals surface area contributed by atoms with Gasteiger partial charge in [-0.05, 0) is 12.1 Å². The highest BCUT2D eigenvalue weighted by molar-refractivity contribution is 6.28. The summed E-state index contributed by atoms with van der Waals surface area (Å²) in [6.07, 6.45) is 5.44. The van der Waals surface area contributed by atoms with Crippen LogP contribution in [0.5, 0.6) is 11.5 Å². The fourth-order valence-electron chi connectivity index (χ4n) is 1.79. The van der Waals surface area contributed by atoms with Crippen LogP contribution in [0, 0.1) is 0 Å². The normalized spacial score (nSPS) is 14.2. The molecule has 0 bridgehead atoms. The molecule has 3 rings (SSSR count). The Bertz CT molecular complexity index is 640. The Morgan fingerprint density at radius 1 is 1.00 bits per heavy atom. The number of hydrogen-bond acceptors (Lipinski definition) is 4. The molecule has 1 aromatic carbocycles. The second-order valence-corrected chi connectivity index (χ2v) is 3.90. The highest BCUT2D eigenvalue weighted by atomic mass is 16.5. The van der Waals surface area contributed by atoms with Crippen LogP contribution in [0.2, 0.25) is 0 Å². The molecule has 5 heteroatoms. The van der Waals surface area contributed by atoms with Crippen LogP contribution in [0.3, 0.4) is 0 Å². The zero-order valence-corrected chi connectivity index (χ0v) is 9.78. The molecule has 0 aliphatic carbocycles. The van der Waals surface area contributed by atoms with Crippen molar-refractivity contribution < 1.29 is 18.7 Å². The van der Waals surface area contributed by atoms with Gasteiger partial charge in [-0.1, -0.05) is 6.07 Å². The van der Waals surface area contributed by atoms with Crippen LogP contribution in [0.15, 0.2) is 59.4 Å². The number of benzene rings is 1. The molecule has 19 heavy (non-hydrogen) atoms. The smallest absolute Gasteiger partial charge is 0.258 e. The molecule has 0 saturated heterocycles. The number of imide groups is 1. The number of carbonyl (C=O) groups excluding carboxylic acids is 2. The summed E-state index contributed by atoms with van der Waals surface area (Å²) >= 11 is 0. The Balaban J connectivity index is 1.88. The molecule has 0 spiro atoms. The summed E-state index contributed by atoms with van der Waals surface area (Å²) < 4.78 is 10.4. The third kappa shape index (κ3) is 2.13. The lowest BCUT2D eigenvalue weighted by Crippen LogP contribution is -2.29. The van der Waals surface area contributed by atoms with Gasteiger partial charge in [0, 0.05) is 24.3 Å². The number of rotatable bonds is 3. The second-order valence-electron chi connectivity index (χ2n) is 3.90. The van der Waals surface area contributed by atoms with Crippen molar-refractivity contribution in [1.82, 2.24) is 0 Å². The molecule has 2 aromatic rings. The number of hydrogen-bond donors (Lipinski definition) is 0. The Morgan fingerprint density at radius 2 is 1.79 bits per heavy atom. The van der Waals surface area contributed by atoms with Crippen LogP contribution in [0.25, 0.3) is 0 Å². The van der Waals surface area contributed by atoms with Crippen LogP contribution in [-0.4, -0.2) is 11.8 Å². The van der Waals surface area contributed by atoms with E-state index in [1.807, 2.05) is 0 Å². The van der Waals surface area contributed by atoms with E-state index in [-0.39, 0.29) is 11.8 Å². The van der Waals surface area contributed by atoms with Crippen molar-refractivity contribution in [2.24, 2.45) is 0 Å². The Morgan fingerprint density at radius 3 is 2.47 bits per heavy atom. The molecule has 1 aliphatic rings. The van der Waals surface area contributed by atoms with Gasteiger partial charge in [0.2, 0.25) is 0 Å². The fraction of sp³-hybridized carbons (Fsp3) is 0. The van der Waals surface area contributed by atoms with Crippen molar-refractivity contribution >= 4 is 17.5 Å². The molecule has 0 unspecified atom stereocenters. The molecular formula is C14H9NO4. The summed E-state index contributed by atoms with van der Waals surface area (Å²) in [5.41, 5.74) is 0.473. The van der Waals surface area contributed by atoms with Gasteiger partial charge in [-0.3, -0.25) is 9.59 Å². The van der Waals surface area contributed by atoms with Crippen LogP contribution in [-0.2, 0) is 9.59 Å². The second kappa shape index (κ2) is 4.45. The number of anilines is 1. The van der Waals surface area contributed by atoms with Crippen LogP contribution >= 0.6 is 0 Å². The monoisotopic (exact) mass is 255 g/mol. The Hall–Kier alpha value is -2.82. The van der Waals surface area contributed by atoms with E-state index in [0.29, 0.717) is 17.2 Å². The topological polar surface area (TPSA) is 59.8 Å². The quantitative estimate of drug-likeness (QED) is 0.790. The molecule has 94 valence electrons. The first kappa shape index (κ1) is 11.3. The van der Waals surface area contributed by atoms with Crippen molar-refractivity contribution in [3.05, 3.63) is 55.0 Å². The van der Waals surface area contributed by atoms with E-state index in [2.05, 4.69) is 0 Å². The average Bonchev–Trinajstić information content (AvgIpc) is 3.00. The van der Waals surface area contributed by atoms with E-state index in [1.54, 1.807) is 30.3 Å². The number of carbonyl (C=O) groups is 2. The third-order valence-corrected chi connectivity index (χ3v) is 2.62. The molecule has 5 nitrogen and oxygen atoms in total. The maximum atomic E-state index is 11.6. The minimum Gasteiger partial charge on any atom is -0.469 e.